The molecule has 2 aromatic rings. The average molecular weight is 325 g/mol. The number of aliphatic hydroxyl groups is 1. The number of carbonyl (C=O) groups is 1. The fourth-order valence-electron chi connectivity index (χ4n) is 2.89. The molecule has 118 valence electrons. The van der Waals surface area contributed by atoms with Gasteiger partial charge >= 0.3 is 0 Å². The van der Waals surface area contributed by atoms with Crippen LogP contribution in [0.25, 0.3) is 0 Å². The second kappa shape index (κ2) is 6.50. The zero-order valence-electron chi connectivity index (χ0n) is 11.9. The van der Waals surface area contributed by atoms with Crippen LogP contribution in [0, 0.1) is 5.92 Å². The summed E-state index contributed by atoms with van der Waals surface area (Å²) >= 11 is 5.83. The minimum atomic E-state index is -0.217. The summed E-state index contributed by atoms with van der Waals surface area (Å²) in [5.41, 5.74) is 0.902. The fourth-order valence-corrected chi connectivity index (χ4v) is 3.09. The maximum Gasteiger partial charge on any atom is 0.256 e. The molecule has 0 spiro atoms. The van der Waals surface area contributed by atoms with Crippen molar-refractivity contribution in [3.05, 3.63) is 35.0 Å². The molecule has 0 radical (unpaired) electrons. The van der Waals surface area contributed by atoms with Gasteiger partial charge in [0.1, 0.15) is 5.69 Å². The molecule has 2 aromatic heterocycles. The van der Waals surface area contributed by atoms with Crippen LogP contribution in [0.15, 0.2) is 22.9 Å². The molecule has 1 amide bonds. The first kappa shape index (κ1) is 15.1. The van der Waals surface area contributed by atoms with Gasteiger partial charge in [0.2, 0.25) is 5.22 Å². The number of aliphatic hydroxyl groups excluding tert-OH is 1. The number of aromatic nitrogens is 3. The Morgan fingerprint density at radius 3 is 3.09 bits per heavy atom. The molecule has 1 aliphatic rings. The highest BCUT2D eigenvalue weighted by atomic mass is 35.5. The number of carbonyl (C=O) groups excluding carboxylic acids is 1. The lowest BCUT2D eigenvalue weighted by molar-refractivity contribution is 0.0924. The molecule has 3 rings (SSSR count). The van der Waals surface area contributed by atoms with Crippen molar-refractivity contribution >= 4 is 17.5 Å². The first-order chi connectivity index (χ1) is 10.7. The van der Waals surface area contributed by atoms with Gasteiger partial charge in [-0.2, -0.15) is 0 Å². The van der Waals surface area contributed by atoms with Crippen LogP contribution in [0.1, 0.15) is 35.3 Å². The number of halogens is 1. The van der Waals surface area contributed by atoms with Crippen LogP contribution >= 0.6 is 11.6 Å². The highest BCUT2D eigenvalue weighted by Crippen LogP contribution is 2.28. The molecule has 0 aromatic carbocycles. The van der Waals surface area contributed by atoms with Crippen molar-refractivity contribution < 1.29 is 14.3 Å². The van der Waals surface area contributed by atoms with Gasteiger partial charge in [-0.25, -0.2) is 0 Å². The molecule has 0 aliphatic heterocycles. The molecule has 0 unspecified atom stereocenters. The van der Waals surface area contributed by atoms with Crippen molar-refractivity contribution in [1.82, 2.24) is 20.3 Å². The number of amides is 1. The van der Waals surface area contributed by atoms with E-state index in [2.05, 4.69) is 15.6 Å². The molecule has 0 saturated heterocycles. The number of nitrogens with one attached hydrogen (secondary N) is 1. The molecule has 2 atom stereocenters. The smallest absolute Gasteiger partial charge is 0.256 e. The van der Waals surface area contributed by atoms with Gasteiger partial charge in [-0.15, -0.1) is 5.10 Å². The van der Waals surface area contributed by atoms with Gasteiger partial charge in [0.15, 0.2) is 0 Å². The van der Waals surface area contributed by atoms with Crippen molar-refractivity contribution in [2.24, 2.45) is 5.92 Å². The van der Waals surface area contributed by atoms with Crippen LogP contribution in [-0.2, 0) is 13.2 Å². The highest BCUT2D eigenvalue weighted by Gasteiger charge is 2.30. The normalized spacial score (nSPS) is 21.2. The summed E-state index contributed by atoms with van der Waals surface area (Å²) in [4.78, 5) is 12.2. The summed E-state index contributed by atoms with van der Waals surface area (Å²) in [5.74, 6) is 0.0631. The zero-order valence-corrected chi connectivity index (χ0v) is 12.7. The minimum absolute atomic E-state index is 0.0697. The van der Waals surface area contributed by atoms with Gasteiger partial charge in [-0.1, -0.05) is 11.6 Å². The topological polar surface area (TPSA) is 93.2 Å². The Morgan fingerprint density at radius 1 is 1.55 bits per heavy atom. The van der Waals surface area contributed by atoms with E-state index in [0.29, 0.717) is 17.8 Å². The molecule has 1 saturated carbocycles. The Labute approximate surface area is 132 Å². The Hall–Kier alpha value is -1.86. The van der Waals surface area contributed by atoms with Gasteiger partial charge in [-0.05, 0) is 36.4 Å². The summed E-state index contributed by atoms with van der Waals surface area (Å²) < 4.78 is 6.66. The third-order valence-electron chi connectivity index (χ3n) is 4.01. The van der Waals surface area contributed by atoms with Crippen LogP contribution in [0.4, 0.5) is 0 Å². The van der Waals surface area contributed by atoms with Gasteiger partial charge in [0.25, 0.3) is 5.91 Å². The molecular formula is C14H17ClN4O3. The number of furan rings is 1. The molecule has 7 nitrogen and oxygen atoms in total. The van der Waals surface area contributed by atoms with Crippen molar-refractivity contribution in [3.63, 3.8) is 0 Å². The van der Waals surface area contributed by atoms with Gasteiger partial charge in [-0.3, -0.25) is 9.48 Å². The lowest BCUT2D eigenvalue weighted by Gasteiger charge is -2.20. The predicted molar refractivity (Wildman–Crippen MR) is 78.3 cm³/mol. The maximum absolute atomic E-state index is 12.2. The molecule has 8 heteroatoms. The van der Waals surface area contributed by atoms with E-state index in [-0.39, 0.29) is 29.7 Å². The van der Waals surface area contributed by atoms with Crippen molar-refractivity contribution in [3.8, 4) is 0 Å². The maximum atomic E-state index is 12.2. The van der Waals surface area contributed by atoms with Gasteiger partial charge < -0.3 is 14.8 Å². The van der Waals surface area contributed by atoms with Crippen molar-refractivity contribution in [1.29, 1.82) is 0 Å². The van der Waals surface area contributed by atoms with Crippen LogP contribution in [0.3, 0.4) is 0 Å². The van der Waals surface area contributed by atoms with E-state index in [1.807, 2.05) is 0 Å². The standard InChI is InChI=1S/C14H17ClN4O3/c15-13-11(4-5-22-13)14(21)16-12-3-1-2-9(12)6-19-7-10(8-20)17-18-19/h4-5,7,9,12,20H,1-3,6,8H2,(H,16,21)/t9-,12-/m0/s1. The quantitative estimate of drug-likeness (QED) is 0.871. The highest BCUT2D eigenvalue weighted by molar-refractivity contribution is 6.32. The number of rotatable bonds is 5. The zero-order chi connectivity index (χ0) is 15.5. The van der Waals surface area contributed by atoms with Crippen molar-refractivity contribution in [2.75, 3.05) is 0 Å². The number of hydrogen-bond acceptors (Lipinski definition) is 5. The Morgan fingerprint density at radius 2 is 2.41 bits per heavy atom. The predicted octanol–water partition coefficient (Wildman–Crippen LogP) is 1.62. The van der Waals surface area contributed by atoms with E-state index >= 15 is 0 Å². The lowest BCUT2D eigenvalue weighted by Crippen LogP contribution is -2.38. The summed E-state index contributed by atoms with van der Waals surface area (Å²) in [6.45, 7) is 0.543. The molecule has 2 heterocycles. The lowest BCUT2D eigenvalue weighted by atomic mass is 10.0. The summed E-state index contributed by atoms with van der Waals surface area (Å²) in [6.07, 6.45) is 6.11. The van der Waals surface area contributed by atoms with Gasteiger partial charge in [0.05, 0.1) is 24.6 Å². The fraction of sp³-hybridized carbons (Fsp3) is 0.500. The van der Waals surface area contributed by atoms with E-state index in [0.717, 1.165) is 19.3 Å². The first-order valence-electron chi connectivity index (χ1n) is 7.21. The molecule has 1 fully saturated rings. The molecule has 1 aliphatic carbocycles. The molecule has 0 bridgehead atoms. The van der Waals surface area contributed by atoms with Crippen LogP contribution in [0.5, 0.6) is 0 Å². The summed E-state index contributed by atoms with van der Waals surface area (Å²) in [5, 5.41) is 20.0. The molecular weight excluding hydrogens is 308 g/mol. The molecule has 22 heavy (non-hydrogen) atoms. The second-order valence-electron chi connectivity index (χ2n) is 5.47. The monoisotopic (exact) mass is 324 g/mol. The first-order valence-corrected chi connectivity index (χ1v) is 7.59. The molecule has 2 N–H and O–H groups in total. The number of nitrogens with zero attached hydrogens (tertiary/aromatic N) is 3. The van der Waals surface area contributed by atoms with Crippen LogP contribution in [0.2, 0.25) is 5.22 Å². The Balaban J connectivity index is 1.63. The average Bonchev–Trinajstić information content (AvgIpc) is 3.22. The summed E-state index contributed by atoms with van der Waals surface area (Å²) in [6, 6.07) is 1.63. The largest absolute Gasteiger partial charge is 0.452 e. The SMILES string of the molecule is O=C(N[C@H]1CCC[C@H]1Cn1cc(CO)nn1)c1ccoc1Cl. The van der Waals surface area contributed by atoms with Crippen LogP contribution < -0.4 is 5.32 Å². The van der Waals surface area contributed by atoms with Gasteiger partial charge in [0, 0.05) is 12.6 Å². The minimum Gasteiger partial charge on any atom is -0.452 e. The van der Waals surface area contributed by atoms with E-state index in [9.17, 15) is 4.79 Å². The second-order valence-corrected chi connectivity index (χ2v) is 5.81. The van der Waals surface area contributed by atoms with E-state index < -0.39 is 0 Å². The summed E-state index contributed by atoms with van der Waals surface area (Å²) in [7, 11) is 0. The van der Waals surface area contributed by atoms with Crippen molar-refractivity contribution in [2.45, 2.75) is 38.5 Å². The van der Waals surface area contributed by atoms with E-state index in [1.54, 1.807) is 16.9 Å². The third kappa shape index (κ3) is 3.15. The third-order valence-corrected chi connectivity index (χ3v) is 4.30. The Kier molecular flexibility index (Phi) is 4.44. The van der Waals surface area contributed by atoms with Crippen LogP contribution in [-0.4, -0.2) is 32.0 Å². The van der Waals surface area contributed by atoms with E-state index in [1.165, 1.54) is 6.26 Å². The number of hydrogen-bond donors (Lipinski definition) is 2. The Bertz CT molecular complexity index is 654. The van der Waals surface area contributed by atoms with E-state index in [4.69, 9.17) is 21.1 Å².